The first-order valence-electron chi connectivity index (χ1n) is 4.33. The maximum Gasteiger partial charge on any atom is 0.249 e. The van der Waals surface area contributed by atoms with Crippen molar-refractivity contribution in [1.82, 2.24) is 5.06 Å². The second-order valence-corrected chi connectivity index (χ2v) is 3.20. The molecule has 0 bridgehead atoms. The van der Waals surface area contributed by atoms with E-state index in [0.29, 0.717) is 11.5 Å². The Labute approximate surface area is 72.6 Å². The van der Waals surface area contributed by atoms with Crippen LogP contribution in [-0.2, 0) is 4.79 Å². The molecule has 0 aliphatic heterocycles. The van der Waals surface area contributed by atoms with Crippen molar-refractivity contribution in [3.8, 4) is 0 Å². The van der Waals surface area contributed by atoms with E-state index in [9.17, 15) is 4.79 Å². The summed E-state index contributed by atoms with van der Waals surface area (Å²) in [6.07, 6.45) is 7.00. The van der Waals surface area contributed by atoms with Crippen LogP contribution in [0.3, 0.4) is 0 Å². The molecule has 1 amide bonds. The van der Waals surface area contributed by atoms with Crippen molar-refractivity contribution < 1.29 is 10.0 Å². The van der Waals surface area contributed by atoms with Gasteiger partial charge in [-0.3, -0.25) is 10.0 Å². The molecule has 0 aromatic carbocycles. The van der Waals surface area contributed by atoms with Crippen LogP contribution in [0.2, 0.25) is 0 Å². The average molecular weight is 169 g/mol. The Morgan fingerprint density at radius 2 is 2.42 bits per heavy atom. The molecule has 3 nitrogen and oxygen atoms in total. The number of carbonyl (C=O) groups excluding carboxylic acids is 1. The largest absolute Gasteiger partial charge is 0.286 e. The van der Waals surface area contributed by atoms with Gasteiger partial charge in [0.1, 0.15) is 0 Å². The normalized spacial score (nSPS) is 17.0. The minimum Gasteiger partial charge on any atom is -0.286 e. The molecule has 1 rings (SSSR count). The third kappa shape index (κ3) is 2.66. The fourth-order valence-corrected chi connectivity index (χ4v) is 1.37. The van der Waals surface area contributed by atoms with Gasteiger partial charge in [0.15, 0.2) is 0 Å². The molecule has 1 aliphatic carbocycles. The first kappa shape index (κ1) is 9.26. The Kier molecular flexibility index (Phi) is 3.29. The fourth-order valence-electron chi connectivity index (χ4n) is 1.37. The molecule has 0 fully saturated rings. The second-order valence-electron chi connectivity index (χ2n) is 3.20. The minimum atomic E-state index is -0.219. The van der Waals surface area contributed by atoms with Gasteiger partial charge in [0, 0.05) is 13.5 Å². The van der Waals surface area contributed by atoms with Gasteiger partial charge in [-0.25, -0.2) is 5.06 Å². The van der Waals surface area contributed by atoms with Gasteiger partial charge in [0.2, 0.25) is 5.91 Å². The molecule has 0 saturated carbocycles. The number of amides is 1. The molecule has 1 aliphatic rings. The van der Waals surface area contributed by atoms with Crippen molar-refractivity contribution in [1.29, 1.82) is 0 Å². The molecule has 0 heterocycles. The maximum atomic E-state index is 11.0. The van der Waals surface area contributed by atoms with Gasteiger partial charge in [-0.2, -0.15) is 0 Å². The molecule has 3 heteroatoms. The lowest BCUT2D eigenvalue weighted by molar-refractivity contribution is -0.158. The Balaban J connectivity index is 2.39. The molecule has 0 atom stereocenters. The zero-order chi connectivity index (χ0) is 8.97. The summed E-state index contributed by atoms with van der Waals surface area (Å²) < 4.78 is 0. The maximum absolute atomic E-state index is 11.0. The van der Waals surface area contributed by atoms with Crippen molar-refractivity contribution in [2.45, 2.75) is 32.1 Å². The van der Waals surface area contributed by atoms with Crippen LogP contribution in [0.1, 0.15) is 32.1 Å². The van der Waals surface area contributed by atoms with Gasteiger partial charge in [0.25, 0.3) is 0 Å². The van der Waals surface area contributed by atoms with Crippen LogP contribution in [0, 0.1) is 0 Å². The van der Waals surface area contributed by atoms with E-state index in [1.165, 1.54) is 25.5 Å². The van der Waals surface area contributed by atoms with Crippen molar-refractivity contribution in [3.05, 3.63) is 11.6 Å². The van der Waals surface area contributed by atoms with E-state index in [1.54, 1.807) is 0 Å². The van der Waals surface area contributed by atoms with Gasteiger partial charge >= 0.3 is 0 Å². The average Bonchev–Trinajstić information content (AvgIpc) is 2.06. The van der Waals surface area contributed by atoms with Gasteiger partial charge in [-0.1, -0.05) is 11.6 Å². The Morgan fingerprint density at radius 1 is 1.67 bits per heavy atom. The molecule has 1 N–H and O–H groups in total. The molecule has 68 valence electrons. The second kappa shape index (κ2) is 4.26. The lowest BCUT2D eigenvalue weighted by atomic mass is 9.97. The highest BCUT2D eigenvalue weighted by Gasteiger charge is 2.10. The van der Waals surface area contributed by atoms with Crippen LogP contribution in [0.15, 0.2) is 11.6 Å². The zero-order valence-corrected chi connectivity index (χ0v) is 7.42. The van der Waals surface area contributed by atoms with Crippen LogP contribution < -0.4 is 0 Å². The third-order valence-corrected chi connectivity index (χ3v) is 2.12. The van der Waals surface area contributed by atoms with Gasteiger partial charge in [0.05, 0.1) is 0 Å². The predicted octanol–water partition coefficient (Wildman–Crippen LogP) is 1.72. The molecule has 0 radical (unpaired) electrons. The number of rotatable bonds is 2. The molecule has 0 aromatic rings. The summed E-state index contributed by atoms with van der Waals surface area (Å²) in [5.41, 5.74) is 1.17. The van der Waals surface area contributed by atoms with Gasteiger partial charge in [-0.05, 0) is 25.7 Å². The van der Waals surface area contributed by atoms with Crippen molar-refractivity contribution in [2.75, 3.05) is 7.05 Å². The van der Waals surface area contributed by atoms with E-state index in [1.807, 2.05) is 0 Å². The summed E-state index contributed by atoms with van der Waals surface area (Å²) in [4.78, 5) is 11.0. The highest BCUT2D eigenvalue weighted by molar-refractivity contribution is 5.77. The summed E-state index contributed by atoms with van der Waals surface area (Å²) in [5, 5.41) is 9.47. The monoisotopic (exact) mass is 169 g/mol. The van der Waals surface area contributed by atoms with Crippen LogP contribution in [0.4, 0.5) is 0 Å². The first-order valence-corrected chi connectivity index (χ1v) is 4.33. The van der Waals surface area contributed by atoms with Gasteiger partial charge in [-0.15, -0.1) is 0 Å². The first-order chi connectivity index (χ1) is 5.70. The minimum absolute atomic E-state index is 0.219. The van der Waals surface area contributed by atoms with Gasteiger partial charge < -0.3 is 0 Å². The summed E-state index contributed by atoms with van der Waals surface area (Å²) in [6, 6.07) is 0. The van der Waals surface area contributed by atoms with E-state index in [0.717, 1.165) is 12.8 Å². The quantitative estimate of drug-likeness (QED) is 0.388. The van der Waals surface area contributed by atoms with Crippen LogP contribution >= 0.6 is 0 Å². The molecule has 12 heavy (non-hydrogen) atoms. The number of allylic oxidation sites excluding steroid dienone is 1. The smallest absolute Gasteiger partial charge is 0.249 e. The summed E-state index contributed by atoms with van der Waals surface area (Å²) in [6.45, 7) is 0. The summed E-state index contributed by atoms with van der Waals surface area (Å²) in [7, 11) is 1.37. The topological polar surface area (TPSA) is 40.5 Å². The van der Waals surface area contributed by atoms with E-state index in [-0.39, 0.29) is 5.91 Å². The lowest BCUT2D eigenvalue weighted by Gasteiger charge is -2.13. The number of hydrogen-bond acceptors (Lipinski definition) is 2. The Hall–Kier alpha value is -0.830. The Bertz CT molecular complexity index is 197. The van der Waals surface area contributed by atoms with Crippen LogP contribution in [0.5, 0.6) is 0 Å². The molecule has 0 saturated heterocycles. The molecular weight excluding hydrogens is 154 g/mol. The zero-order valence-electron chi connectivity index (χ0n) is 7.42. The highest BCUT2D eigenvalue weighted by Crippen LogP contribution is 2.20. The standard InChI is InChI=1S/C9H15NO2/c1-10(12)9(11)7-8-5-3-2-4-6-8/h5,12H,2-4,6-7H2,1H3. The Morgan fingerprint density at radius 3 is 2.92 bits per heavy atom. The van der Waals surface area contributed by atoms with Crippen molar-refractivity contribution >= 4 is 5.91 Å². The van der Waals surface area contributed by atoms with E-state index in [4.69, 9.17) is 5.21 Å². The number of hydroxylamine groups is 2. The highest BCUT2D eigenvalue weighted by atomic mass is 16.5. The number of nitrogens with zero attached hydrogens (tertiary/aromatic N) is 1. The number of hydrogen-bond donors (Lipinski definition) is 1. The molecule has 0 spiro atoms. The SMILES string of the molecule is CN(O)C(=O)CC1=CCCCC1. The molecular formula is C9H15NO2. The van der Waals surface area contributed by atoms with Crippen molar-refractivity contribution in [2.24, 2.45) is 0 Å². The van der Waals surface area contributed by atoms with Crippen molar-refractivity contribution in [3.63, 3.8) is 0 Å². The summed E-state index contributed by atoms with van der Waals surface area (Å²) >= 11 is 0. The molecule has 0 aromatic heterocycles. The fraction of sp³-hybridized carbons (Fsp3) is 0.667. The number of carbonyl (C=O) groups is 1. The lowest BCUT2D eigenvalue weighted by Crippen LogP contribution is -2.22. The van der Waals surface area contributed by atoms with E-state index >= 15 is 0 Å². The van der Waals surface area contributed by atoms with Crippen LogP contribution in [-0.4, -0.2) is 23.2 Å². The molecule has 0 unspecified atom stereocenters. The third-order valence-electron chi connectivity index (χ3n) is 2.12. The van der Waals surface area contributed by atoms with Crippen LogP contribution in [0.25, 0.3) is 0 Å². The van der Waals surface area contributed by atoms with E-state index in [2.05, 4.69) is 6.08 Å². The predicted molar refractivity (Wildman–Crippen MR) is 45.7 cm³/mol. The van der Waals surface area contributed by atoms with E-state index < -0.39 is 0 Å². The summed E-state index contributed by atoms with van der Waals surface area (Å²) in [5.74, 6) is -0.219.